The van der Waals surface area contributed by atoms with Crippen LogP contribution in [-0.4, -0.2) is 23.5 Å². The number of nitro benzene ring substituents is 1. The molecule has 0 saturated heterocycles. The van der Waals surface area contributed by atoms with Crippen molar-refractivity contribution in [2.45, 2.75) is 19.4 Å². The quantitative estimate of drug-likeness (QED) is 0.568. The van der Waals surface area contributed by atoms with E-state index in [-0.39, 0.29) is 18.7 Å². The number of amides is 2. The number of nitrogens with zero attached hydrogens (tertiary/aromatic N) is 1. The molecule has 0 aliphatic heterocycles. The Labute approximate surface area is 154 Å². The van der Waals surface area contributed by atoms with Gasteiger partial charge in [0.25, 0.3) is 5.69 Å². The van der Waals surface area contributed by atoms with E-state index in [1.54, 1.807) is 37.3 Å². The van der Waals surface area contributed by atoms with E-state index in [2.05, 4.69) is 10.6 Å². The van der Waals surface area contributed by atoms with E-state index in [1.807, 2.05) is 0 Å². The van der Waals surface area contributed by atoms with E-state index in [0.717, 1.165) is 18.2 Å². The van der Waals surface area contributed by atoms with Gasteiger partial charge in [-0.15, -0.1) is 0 Å². The van der Waals surface area contributed by atoms with Gasteiger partial charge in [-0.25, -0.2) is 9.18 Å². The van der Waals surface area contributed by atoms with Crippen molar-refractivity contribution in [2.75, 3.05) is 11.9 Å². The van der Waals surface area contributed by atoms with Crippen LogP contribution < -0.4 is 10.6 Å². The van der Waals surface area contributed by atoms with Crippen LogP contribution in [0.1, 0.15) is 24.9 Å². The van der Waals surface area contributed by atoms with Gasteiger partial charge in [0, 0.05) is 12.1 Å². The lowest BCUT2D eigenvalue weighted by molar-refractivity contribution is -0.384. The maximum atomic E-state index is 13.4. The van der Waals surface area contributed by atoms with Crippen molar-refractivity contribution < 1.29 is 23.6 Å². The highest BCUT2D eigenvalue weighted by molar-refractivity contribution is 5.93. The second-order valence-corrected chi connectivity index (χ2v) is 5.50. The Morgan fingerprint density at radius 2 is 1.93 bits per heavy atom. The first-order valence-electron chi connectivity index (χ1n) is 8.12. The maximum Gasteiger partial charge on any atom is 0.407 e. The third-order valence-corrected chi connectivity index (χ3v) is 3.59. The van der Waals surface area contributed by atoms with Crippen molar-refractivity contribution in [3.05, 3.63) is 70.0 Å². The Bertz CT molecular complexity index is 829. The van der Waals surface area contributed by atoms with Crippen LogP contribution in [0.5, 0.6) is 0 Å². The highest BCUT2D eigenvalue weighted by Crippen LogP contribution is 2.26. The predicted octanol–water partition coefficient (Wildman–Crippen LogP) is 3.55. The SMILES string of the molecule is CCOC(=O)N[C@H](CC(=O)Nc1cc(F)ccc1[N+](=O)[O-])c1ccccc1. The monoisotopic (exact) mass is 375 g/mol. The van der Waals surface area contributed by atoms with Gasteiger partial charge in [0.2, 0.25) is 5.91 Å². The fourth-order valence-corrected chi connectivity index (χ4v) is 2.41. The van der Waals surface area contributed by atoms with Crippen LogP contribution in [0.15, 0.2) is 48.5 Å². The van der Waals surface area contributed by atoms with E-state index in [9.17, 15) is 24.1 Å². The molecule has 142 valence electrons. The zero-order valence-corrected chi connectivity index (χ0v) is 14.5. The molecule has 1 atom stereocenters. The van der Waals surface area contributed by atoms with E-state index in [1.165, 1.54) is 0 Å². The van der Waals surface area contributed by atoms with E-state index >= 15 is 0 Å². The Morgan fingerprint density at radius 1 is 1.22 bits per heavy atom. The Kier molecular flexibility index (Phi) is 6.81. The van der Waals surface area contributed by atoms with Gasteiger partial charge in [-0.1, -0.05) is 30.3 Å². The summed E-state index contributed by atoms with van der Waals surface area (Å²) < 4.78 is 18.2. The van der Waals surface area contributed by atoms with Crippen LogP contribution in [0, 0.1) is 15.9 Å². The molecule has 9 heteroatoms. The van der Waals surface area contributed by atoms with E-state index < -0.39 is 34.5 Å². The molecule has 0 fully saturated rings. The standard InChI is InChI=1S/C18H18FN3O5/c1-2-27-18(24)21-14(12-6-4-3-5-7-12)11-17(23)20-15-10-13(19)8-9-16(15)22(25)26/h3-10,14H,2,11H2,1H3,(H,20,23)(H,21,24)/t14-/m1/s1. The lowest BCUT2D eigenvalue weighted by atomic mass is 10.0. The van der Waals surface area contributed by atoms with Gasteiger partial charge in [0.15, 0.2) is 0 Å². The zero-order chi connectivity index (χ0) is 19.8. The molecule has 27 heavy (non-hydrogen) atoms. The highest BCUT2D eigenvalue weighted by atomic mass is 19.1. The van der Waals surface area contributed by atoms with Crippen molar-refractivity contribution in [2.24, 2.45) is 0 Å². The summed E-state index contributed by atoms with van der Waals surface area (Å²) in [5.41, 5.74) is -0.0400. The van der Waals surface area contributed by atoms with Crippen molar-refractivity contribution in [3.8, 4) is 0 Å². The average molecular weight is 375 g/mol. The summed E-state index contributed by atoms with van der Waals surface area (Å²) in [6, 6.07) is 10.7. The van der Waals surface area contributed by atoms with Gasteiger partial charge in [-0.05, 0) is 18.6 Å². The Morgan fingerprint density at radius 3 is 2.56 bits per heavy atom. The number of carbonyl (C=O) groups excluding carboxylic acids is 2. The number of ether oxygens (including phenoxy) is 1. The number of nitrogens with one attached hydrogen (secondary N) is 2. The van der Waals surface area contributed by atoms with Crippen molar-refractivity contribution in [3.63, 3.8) is 0 Å². The van der Waals surface area contributed by atoms with Crippen molar-refractivity contribution in [1.82, 2.24) is 5.32 Å². The first-order valence-corrected chi connectivity index (χ1v) is 8.12. The maximum absolute atomic E-state index is 13.4. The molecule has 0 aromatic heterocycles. The largest absolute Gasteiger partial charge is 0.450 e. The van der Waals surface area contributed by atoms with Gasteiger partial charge in [0.1, 0.15) is 11.5 Å². The van der Waals surface area contributed by atoms with Crippen LogP contribution in [0.25, 0.3) is 0 Å². The van der Waals surface area contributed by atoms with Crippen molar-refractivity contribution in [1.29, 1.82) is 0 Å². The number of anilines is 1. The molecule has 0 heterocycles. The van der Waals surface area contributed by atoms with Gasteiger partial charge >= 0.3 is 6.09 Å². The number of nitro groups is 1. The minimum absolute atomic E-state index is 0.162. The molecule has 0 unspecified atom stereocenters. The van der Waals surface area contributed by atoms with Crippen LogP contribution in [-0.2, 0) is 9.53 Å². The molecule has 2 amide bonds. The molecule has 8 nitrogen and oxygen atoms in total. The molecule has 0 aliphatic carbocycles. The first kappa shape index (κ1) is 19.8. The Balaban J connectivity index is 2.17. The second-order valence-electron chi connectivity index (χ2n) is 5.50. The number of alkyl carbamates (subject to hydrolysis) is 1. The molecule has 2 aromatic rings. The van der Waals surface area contributed by atoms with Gasteiger partial charge in [-0.2, -0.15) is 0 Å². The summed E-state index contributed by atoms with van der Waals surface area (Å²) in [4.78, 5) is 34.4. The average Bonchev–Trinajstić information content (AvgIpc) is 2.62. The summed E-state index contributed by atoms with van der Waals surface area (Å²) in [5.74, 6) is -1.35. The minimum Gasteiger partial charge on any atom is -0.450 e. The summed E-state index contributed by atoms with van der Waals surface area (Å²) in [6.07, 6.45) is -0.924. The van der Waals surface area contributed by atoms with Crippen molar-refractivity contribution >= 4 is 23.4 Å². The third-order valence-electron chi connectivity index (χ3n) is 3.59. The van der Waals surface area contributed by atoms with Gasteiger partial charge in [-0.3, -0.25) is 14.9 Å². The molecule has 0 spiro atoms. The zero-order valence-electron chi connectivity index (χ0n) is 14.5. The minimum atomic E-state index is -0.724. The lowest BCUT2D eigenvalue weighted by Crippen LogP contribution is -2.32. The number of carbonyl (C=O) groups is 2. The van der Waals surface area contributed by atoms with Crippen LogP contribution in [0.2, 0.25) is 0 Å². The number of rotatable bonds is 7. The molecule has 2 rings (SSSR count). The molecule has 0 radical (unpaired) electrons. The molecule has 0 bridgehead atoms. The molecular formula is C18H18FN3O5. The summed E-state index contributed by atoms with van der Waals surface area (Å²) >= 11 is 0. The smallest absolute Gasteiger partial charge is 0.407 e. The molecule has 0 aliphatic rings. The highest BCUT2D eigenvalue weighted by Gasteiger charge is 2.22. The van der Waals surface area contributed by atoms with E-state index in [4.69, 9.17) is 4.74 Å². The van der Waals surface area contributed by atoms with Crippen LogP contribution in [0.3, 0.4) is 0 Å². The Hall–Kier alpha value is -3.49. The number of hydrogen-bond acceptors (Lipinski definition) is 5. The van der Waals surface area contributed by atoms with Crippen LogP contribution >= 0.6 is 0 Å². The molecular weight excluding hydrogens is 357 g/mol. The molecule has 2 N–H and O–H groups in total. The molecule has 2 aromatic carbocycles. The topological polar surface area (TPSA) is 111 Å². The fraction of sp³-hybridized carbons (Fsp3) is 0.222. The number of halogens is 1. The normalized spacial score (nSPS) is 11.3. The van der Waals surface area contributed by atoms with Gasteiger partial charge in [0.05, 0.1) is 24.0 Å². The fourth-order valence-electron chi connectivity index (χ4n) is 2.41. The lowest BCUT2D eigenvalue weighted by Gasteiger charge is -2.18. The van der Waals surface area contributed by atoms with Gasteiger partial charge < -0.3 is 15.4 Å². The number of benzene rings is 2. The summed E-state index contributed by atoms with van der Waals surface area (Å²) in [6.45, 7) is 1.81. The second kappa shape index (κ2) is 9.27. The summed E-state index contributed by atoms with van der Waals surface area (Å²) in [5, 5.41) is 15.9. The number of hydrogen-bond donors (Lipinski definition) is 2. The first-order chi connectivity index (χ1) is 12.9. The summed E-state index contributed by atoms with van der Waals surface area (Å²) in [7, 11) is 0. The third kappa shape index (κ3) is 5.77. The van der Waals surface area contributed by atoms with Crippen LogP contribution in [0.4, 0.5) is 20.6 Å². The van der Waals surface area contributed by atoms with E-state index in [0.29, 0.717) is 5.56 Å². The molecule has 0 saturated carbocycles. The predicted molar refractivity (Wildman–Crippen MR) is 95.6 cm³/mol.